The van der Waals surface area contributed by atoms with E-state index in [9.17, 15) is 18.0 Å². The zero-order chi connectivity index (χ0) is 24.9. The Kier molecular flexibility index (Phi) is 8.71. The molecule has 1 saturated heterocycles. The second-order valence-electron chi connectivity index (χ2n) is 8.37. The highest BCUT2D eigenvalue weighted by atomic mass is 35.5. The molecule has 0 amide bonds. The summed E-state index contributed by atoms with van der Waals surface area (Å²) in [5.41, 5.74) is 1.39. The molecular weight excluding hydrogens is 471 g/mol. The monoisotopic (exact) mass is 499 g/mol. The highest BCUT2D eigenvalue weighted by Gasteiger charge is 2.43. The third-order valence-electron chi connectivity index (χ3n) is 5.71. The maximum Gasteiger partial charge on any atom is 0.272 e. The third-order valence-corrected chi connectivity index (χ3v) is 6.16. The second-order valence-corrected chi connectivity index (χ2v) is 8.75. The Morgan fingerprint density at radius 2 is 1.76 bits per heavy atom. The van der Waals surface area contributed by atoms with Crippen molar-refractivity contribution >= 4 is 17.4 Å². The van der Waals surface area contributed by atoms with E-state index in [0.29, 0.717) is 30.4 Å². The van der Waals surface area contributed by atoms with Gasteiger partial charge in [-0.2, -0.15) is 0 Å². The molecule has 0 atom stereocenters. The Balaban J connectivity index is 1.72. The van der Waals surface area contributed by atoms with E-state index < -0.39 is 5.92 Å². The SMILES string of the molecule is COc1c(Cl)c(C)c(C(C)=O)c(OCCN2CC(F)(F)C2)c1OCCCCc1ccccc1F. The fourth-order valence-corrected chi connectivity index (χ4v) is 4.23. The lowest BCUT2D eigenvalue weighted by molar-refractivity contribution is -0.132. The number of aryl methyl sites for hydroxylation is 1. The summed E-state index contributed by atoms with van der Waals surface area (Å²) in [6.07, 6.45) is 1.85. The van der Waals surface area contributed by atoms with Gasteiger partial charge >= 0.3 is 0 Å². The molecule has 0 unspecified atom stereocenters. The molecule has 5 nitrogen and oxygen atoms in total. The Morgan fingerprint density at radius 1 is 1.09 bits per heavy atom. The van der Waals surface area contributed by atoms with Crippen LogP contribution in [-0.4, -0.2) is 56.6 Å². The lowest BCUT2D eigenvalue weighted by Crippen LogP contribution is -2.57. The summed E-state index contributed by atoms with van der Waals surface area (Å²) >= 11 is 6.46. The molecule has 1 fully saturated rings. The number of methoxy groups -OCH3 is 1. The first-order valence-electron chi connectivity index (χ1n) is 11.1. The van der Waals surface area contributed by atoms with Crippen molar-refractivity contribution in [2.45, 2.75) is 39.0 Å². The minimum Gasteiger partial charge on any atom is -0.491 e. The number of carbonyl (C=O) groups excluding carboxylic acids is 1. The van der Waals surface area contributed by atoms with Crippen molar-refractivity contribution in [1.29, 1.82) is 0 Å². The number of unbranched alkanes of at least 4 members (excludes halogenated alkanes) is 1. The van der Waals surface area contributed by atoms with Gasteiger partial charge in [0.2, 0.25) is 5.75 Å². The fraction of sp³-hybridized carbons (Fsp3) is 0.480. The van der Waals surface area contributed by atoms with Crippen LogP contribution in [0, 0.1) is 12.7 Å². The molecule has 0 radical (unpaired) electrons. The van der Waals surface area contributed by atoms with Crippen molar-refractivity contribution < 1.29 is 32.2 Å². The quantitative estimate of drug-likeness (QED) is 0.276. The second kappa shape index (κ2) is 11.3. The van der Waals surface area contributed by atoms with Crippen LogP contribution >= 0.6 is 11.6 Å². The number of halogens is 4. The van der Waals surface area contributed by atoms with Gasteiger partial charge in [-0.25, -0.2) is 13.2 Å². The Labute approximate surface area is 202 Å². The number of ether oxygens (including phenoxy) is 3. The number of rotatable bonds is 12. The molecule has 1 heterocycles. The van der Waals surface area contributed by atoms with Gasteiger partial charge in [0, 0.05) is 6.54 Å². The molecule has 0 bridgehead atoms. The fourth-order valence-electron chi connectivity index (χ4n) is 3.98. The van der Waals surface area contributed by atoms with Gasteiger partial charge in [0.05, 0.1) is 37.4 Å². The van der Waals surface area contributed by atoms with Crippen molar-refractivity contribution in [3.63, 3.8) is 0 Å². The van der Waals surface area contributed by atoms with E-state index in [1.165, 1.54) is 20.1 Å². The maximum atomic E-state index is 13.8. The van der Waals surface area contributed by atoms with E-state index in [4.69, 9.17) is 25.8 Å². The number of hydrogen-bond acceptors (Lipinski definition) is 5. The molecule has 0 aliphatic carbocycles. The maximum absolute atomic E-state index is 13.8. The smallest absolute Gasteiger partial charge is 0.272 e. The predicted octanol–water partition coefficient (Wildman–Crippen LogP) is 5.73. The zero-order valence-corrected chi connectivity index (χ0v) is 20.3. The van der Waals surface area contributed by atoms with Crippen LogP contribution in [0.25, 0.3) is 0 Å². The van der Waals surface area contributed by atoms with Crippen molar-refractivity contribution in [3.8, 4) is 17.2 Å². The summed E-state index contributed by atoms with van der Waals surface area (Å²) in [7, 11) is 1.44. The van der Waals surface area contributed by atoms with Gasteiger partial charge in [-0.1, -0.05) is 29.8 Å². The average Bonchev–Trinajstić information content (AvgIpc) is 2.76. The number of ketones is 1. The van der Waals surface area contributed by atoms with E-state index in [0.717, 1.165) is 0 Å². The average molecular weight is 500 g/mol. The van der Waals surface area contributed by atoms with Gasteiger partial charge in [0.15, 0.2) is 17.3 Å². The van der Waals surface area contributed by atoms with Gasteiger partial charge in [-0.15, -0.1) is 0 Å². The number of Topliss-reactive ketones (excluding diaryl/α,β-unsaturated/α-hetero) is 1. The molecular formula is C25H29ClF3NO4. The molecule has 34 heavy (non-hydrogen) atoms. The van der Waals surface area contributed by atoms with Gasteiger partial charge < -0.3 is 14.2 Å². The molecule has 0 saturated carbocycles. The zero-order valence-electron chi connectivity index (χ0n) is 19.6. The lowest BCUT2D eigenvalue weighted by atomic mass is 10.0. The van der Waals surface area contributed by atoms with E-state index in [1.807, 2.05) is 0 Å². The van der Waals surface area contributed by atoms with Crippen molar-refractivity contribution in [2.75, 3.05) is 40.0 Å². The van der Waals surface area contributed by atoms with Gasteiger partial charge in [0.25, 0.3) is 5.92 Å². The van der Waals surface area contributed by atoms with Crippen LogP contribution in [0.15, 0.2) is 24.3 Å². The molecule has 2 aromatic rings. The van der Waals surface area contributed by atoms with Crippen LogP contribution in [0.1, 0.15) is 41.3 Å². The largest absolute Gasteiger partial charge is 0.491 e. The molecule has 3 rings (SSSR count). The molecule has 9 heteroatoms. The van der Waals surface area contributed by atoms with Crippen LogP contribution in [0.2, 0.25) is 5.02 Å². The summed E-state index contributed by atoms with van der Waals surface area (Å²) in [5.74, 6) is -2.55. The van der Waals surface area contributed by atoms with Crippen molar-refractivity contribution in [2.24, 2.45) is 0 Å². The minimum absolute atomic E-state index is 0.0875. The summed E-state index contributed by atoms with van der Waals surface area (Å²) in [4.78, 5) is 14.0. The lowest BCUT2D eigenvalue weighted by Gasteiger charge is -2.38. The number of alkyl halides is 2. The summed E-state index contributed by atoms with van der Waals surface area (Å²) in [5, 5.41) is 0.240. The van der Waals surface area contributed by atoms with Gasteiger partial charge in [0.1, 0.15) is 12.4 Å². The summed E-state index contributed by atoms with van der Waals surface area (Å²) in [6, 6.07) is 6.62. The molecule has 0 spiro atoms. The number of hydrogen-bond donors (Lipinski definition) is 0. The van der Waals surface area contributed by atoms with Crippen molar-refractivity contribution in [1.82, 2.24) is 4.90 Å². The van der Waals surface area contributed by atoms with Crippen molar-refractivity contribution in [3.05, 3.63) is 51.8 Å². The van der Waals surface area contributed by atoms with Gasteiger partial charge in [-0.05, 0) is 50.3 Å². The number of carbonyl (C=O) groups is 1. The summed E-state index contributed by atoms with van der Waals surface area (Å²) in [6.45, 7) is 3.07. The Morgan fingerprint density at radius 3 is 2.38 bits per heavy atom. The molecule has 0 N–H and O–H groups in total. The molecule has 2 aromatic carbocycles. The standard InChI is InChI=1S/C25H29ClF3NO4/c1-16-20(17(2)31)22(34-13-11-30-14-25(28,29)15-30)24(23(32-3)21(16)26)33-12-7-6-9-18-8-4-5-10-19(18)27/h4-5,8,10H,6-7,9,11-15H2,1-3H3. The van der Waals surface area contributed by atoms with Crippen LogP contribution in [0.5, 0.6) is 17.2 Å². The van der Waals surface area contributed by atoms with Crippen LogP contribution in [0.4, 0.5) is 13.2 Å². The highest BCUT2D eigenvalue weighted by molar-refractivity contribution is 6.34. The predicted molar refractivity (Wildman–Crippen MR) is 124 cm³/mol. The van der Waals surface area contributed by atoms with E-state index in [-0.39, 0.29) is 72.3 Å². The first kappa shape index (κ1) is 26.2. The molecule has 0 aromatic heterocycles. The third kappa shape index (κ3) is 6.16. The molecule has 1 aliphatic heterocycles. The first-order valence-corrected chi connectivity index (χ1v) is 11.5. The number of benzene rings is 2. The van der Waals surface area contributed by atoms with E-state index in [2.05, 4.69) is 0 Å². The van der Waals surface area contributed by atoms with Gasteiger partial charge in [-0.3, -0.25) is 9.69 Å². The Bertz CT molecular complexity index is 1020. The van der Waals surface area contributed by atoms with E-state index >= 15 is 0 Å². The normalized spacial score (nSPS) is 15.0. The van der Waals surface area contributed by atoms with Crippen LogP contribution in [0.3, 0.4) is 0 Å². The first-order chi connectivity index (χ1) is 16.1. The van der Waals surface area contributed by atoms with Crippen LogP contribution < -0.4 is 14.2 Å². The molecule has 1 aliphatic rings. The highest BCUT2D eigenvalue weighted by Crippen LogP contribution is 2.48. The van der Waals surface area contributed by atoms with Crippen LogP contribution in [-0.2, 0) is 6.42 Å². The summed E-state index contributed by atoms with van der Waals surface area (Å²) < 4.78 is 57.3. The topological polar surface area (TPSA) is 48.0 Å². The minimum atomic E-state index is -2.67. The number of nitrogens with zero attached hydrogens (tertiary/aromatic N) is 1. The van der Waals surface area contributed by atoms with E-state index in [1.54, 1.807) is 30.0 Å². The Hall–Kier alpha value is -2.45. The number of likely N-dealkylation sites (tertiary alicyclic amines) is 1. The molecule has 186 valence electrons.